The molecule has 2 aromatic rings. The van der Waals surface area contributed by atoms with Crippen LogP contribution in [-0.4, -0.2) is 45.2 Å². The highest BCUT2D eigenvalue weighted by molar-refractivity contribution is 5.88. The summed E-state index contributed by atoms with van der Waals surface area (Å²) in [6.45, 7) is 15.9. The molecule has 1 aromatic heterocycles. The van der Waals surface area contributed by atoms with Crippen LogP contribution in [-0.2, 0) is 16.8 Å². The summed E-state index contributed by atoms with van der Waals surface area (Å²) in [5.74, 6) is 0.402. The number of rotatable bonds is 7. The van der Waals surface area contributed by atoms with Crippen LogP contribution < -0.4 is 5.43 Å². The molecule has 1 amide bonds. The Morgan fingerprint density at radius 2 is 1.83 bits per heavy atom. The zero-order chi connectivity index (χ0) is 25.8. The van der Waals surface area contributed by atoms with E-state index in [9.17, 15) is 10.1 Å². The molecule has 0 spiro atoms. The number of anilines is 1. The summed E-state index contributed by atoms with van der Waals surface area (Å²) in [5, 5.41) is 10.8. The third kappa shape index (κ3) is 6.89. The molecule has 0 unspecified atom stereocenters. The molecule has 184 valence electrons. The highest BCUT2D eigenvalue weighted by Crippen LogP contribution is 2.28. The molecule has 2 heterocycles. The van der Waals surface area contributed by atoms with Crippen molar-refractivity contribution in [3.63, 3.8) is 0 Å². The molecule has 1 aromatic carbocycles. The fourth-order valence-corrected chi connectivity index (χ4v) is 3.80. The molecule has 3 rings (SSSR count). The third-order valence-electron chi connectivity index (χ3n) is 5.72. The topological polar surface area (TPSA) is 97.5 Å². The van der Waals surface area contributed by atoms with Crippen LogP contribution in [0.4, 0.5) is 5.82 Å². The summed E-state index contributed by atoms with van der Waals surface area (Å²) in [6.07, 6.45) is 3.98. The molecule has 0 aliphatic carbocycles. The summed E-state index contributed by atoms with van der Waals surface area (Å²) in [4.78, 5) is 28.7. The van der Waals surface area contributed by atoms with Gasteiger partial charge in [0, 0.05) is 37.1 Å². The van der Waals surface area contributed by atoms with Crippen LogP contribution in [0.25, 0.3) is 0 Å². The van der Waals surface area contributed by atoms with E-state index < -0.39 is 5.41 Å². The van der Waals surface area contributed by atoms with E-state index in [4.69, 9.17) is 0 Å². The number of carbonyl (C=O) groups excluding carboxylic acids is 1. The van der Waals surface area contributed by atoms with Gasteiger partial charge in [-0.25, -0.2) is 15.0 Å². The molecule has 8 heteroatoms. The predicted molar refractivity (Wildman–Crippen MR) is 138 cm³/mol. The minimum Gasteiger partial charge on any atom is -0.354 e. The molecular formula is C27H35N7O. The Balaban J connectivity index is 1.81. The first-order valence-corrected chi connectivity index (χ1v) is 11.8. The molecule has 0 fully saturated rings. The monoisotopic (exact) mass is 473 g/mol. The van der Waals surface area contributed by atoms with Gasteiger partial charge in [0.15, 0.2) is 0 Å². The van der Waals surface area contributed by atoms with Gasteiger partial charge in [0.1, 0.15) is 11.9 Å². The summed E-state index contributed by atoms with van der Waals surface area (Å²) in [7, 11) is 0. The van der Waals surface area contributed by atoms with Crippen molar-refractivity contribution >= 4 is 18.1 Å². The highest BCUT2D eigenvalue weighted by atomic mass is 16.2. The van der Waals surface area contributed by atoms with E-state index in [1.54, 1.807) is 18.0 Å². The van der Waals surface area contributed by atoms with Gasteiger partial charge in [-0.15, -0.1) is 0 Å². The van der Waals surface area contributed by atoms with Crippen LogP contribution in [0, 0.1) is 23.7 Å². The maximum Gasteiger partial charge on any atom is 0.251 e. The van der Waals surface area contributed by atoms with Crippen molar-refractivity contribution in [2.75, 3.05) is 18.5 Å². The first kappa shape index (κ1) is 25.9. The van der Waals surface area contributed by atoms with Crippen molar-refractivity contribution in [1.29, 1.82) is 5.26 Å². The summed E-state index contributed by atoms with van der Waals surface area (Å²) < 4.78 is 0. The average Bonchev–Trinajstić information content (AvgIpc) is 2.78. The van der Waals surface area contributed by atoms with Crippen LogP contribution in [0.5, 0.6) is 0 Å². The minimum absolute atomic E-state index is 0.0647. The van der Waals surface area contributed by atoms with Crippen LogP contribution in [0.15, 0.2) is 47.1 Å². The van der Waals surface area contributed by atoms with Gasteiger partial charge in [-0.05, 0) is 50.3 Å². The number of aliphatic imine (C=N–C) groups is 1. The molecule has 0 radical (unpaired) electrons. The molecule has 0 saturated carbocycles. The van der Waals surface area contributed by atoms with Gasteiger partial charge < -0.3 is 4.90 Å². The number of aromatic nitrogens is 2. The average molecular weight is 474 g/mol. The van der Waals surface area contributed by atoms with Crippen LogP contribution in [0.2, 0.25) is 0 Å². The number of hydrogen-bond acceptors (Lipinski definition) is 7. The summed E-state index contributed by atoms with van der Waals surface area (Å²) in [5.41, 5.74) is 5.97. The van der Waals surface area contributed by atoms with E-state index in [1.165, 1.54) is 0 Å². The van der Waals surface area contributed by atoms with E-state index in [2.05, 4.69) is 64.3 Å². The molecule has 1 aliphatic rings. The first-order chi connectivity index (χ1) is 16.4. The normalized spacial score (nSPS) is 13.8. The van der Waals surface area contributed by atoms with Gasteiger partial charge in [0.05, 0.1) is 11.8 Å². The molecule has 8 nitrogen and oxygen atoms in total. The second-order valence-electron chi connectivity index (χ2n) is 10.7. The van der Waals surface area contributed by atoms with E-state index in [-0.39, 0.29) is 17.1 Å². The number of allylic oxidation sites excluding steroid dienone is 1. The summed E-state index contributed by atoms with van der Waals surface area (Å²) in [6, 6.07) is 11.9. The van der Waals surface area contributed by atoms with Crippen LogP contribution in [0.1, 0.15) is 64.2 Å². The number of amides is 1. The standard InChI is InChI=1S/C27H35N7O/c1-19-12-13-33(18-29-19)16-21-8-10-22(11-9-21)27(6,7)25(35)34(17-26(3,4)5)32-23-14-20(2)30-24(15-28)31-23/h8-12,14,18H,13,16-17H2,1-7H3,(H,30,31,32). The van der Waals surface area contributed by atoms with Crippen molar-refractivity contribution < 1.29 is 4.79 Å². The zero-order valence-corrected chi connectivity index (χ0v) is 21.8. The van der Waals surface area contributed by atoms with Crippen LogP contribution >= 0.6 is 0 Å². The van der Waals surface area contributed by atoms with E-state index in [1.807, 2.05) is 45.3 Å². The lowest BCUT2D eigenvalue weighted by Gasteiger charge is -2.36. The number of benzene rings is 1. The molecular weight excluding hydrogens is 438 g/mol. The van der Waals surface area contributed by atoms with Gasteiger partial charge in [0.25, 0.3) is 5.91 Å². The quantitative estimate of drug-likeness (QED) is 0.591. The Hall–Kier alpha value is -3.73. The number of nitrogens with one attached hydrogen (secondary N) is 1. The number of carbonyl (C=O) groups is 1. The van der Waals surface area contributed by atoms with Gasteiger partial charge in [-0.3, -0.25) is 15.2 Å². The second kappa shape index (κ2) is 10.3. The zero-order valence-electron chi connectivity index (χ0n) is 21.8. The number of nitrogens with zero attached hydrogens (tertiary/aromatic N) is 6. The fourth-order valence-electron chi connectivity index (χ4n) is 3.80. The minimum atomic E-state index is -0.788. The Labute approximate surface area is 208 Å². The van der Waals surface area contributed by atoms with Crippen molar-refractivity contribution in [2.45, 2.75) is 60.4 Å². The van der Waals surface area contributed by atoms with E-state index >= 15 is 0 Å². The Morgan fingerprint density at radius 1 is 1.14 bits per heavy atom. The lowest BCUT2D eigenvalue weighted by molar-refractivity contribution is -0.136. The predicted octanol–water partition coefficient (Wildman–Crippen LogP) is 4.58. The first-order valence-electron chi connectivity index (χ1n) is 11.8. The van der Waals surface area contributed by atoms with Crippen LogP contribution in [0.3, 0.4) is 0 Å². The van der Waals surface area contributed by atoms with E-state index in [0.717, 1.165) is 29.9 Å². The molecule has 1 aliphatic heterocycles. The molecule has 0 saturated heterocycles. The number of hydrazine groups is 1. The molecule has 35 heavy (non-hydrogen) atoms. The highest BCUT2D eigenvalue weighted by Gasteiger charge is 2.36. The van der Waals surface area contributed by atoms with Gasteiger partial charge in [-0.2, -0.15) is 5.26 Å². The Kier molecular flexibility index (Phi) is 7.59. The van der Waals surface area contributed by atoms with Crippen molar-refractivity contribution in [1.82, 2.24) is 19.9 Å². The lowest BCUT2D eigenvalue weighted by Crippen LogP contribution is -2.49. The maximum atomic E-state index is 13.8. The lowest BCUT2D eigenvalue weighted by atomic mass is 9.82. The SMILES string of the molecule is CC1=CCN(Cc2ccc(C(C)(C)C(=O)N(CC(C)(C)C)Nc3cc(C)nc(C#N)n3)cc2)C=N1. The second-order valence-corrected chi connectivity index (χ2v) is 10.7. The summed E-state index contributed by atoms with van der Waals surface area (Å²) >= 11 is 0. The number of nitriles is 1. The smallest absolute Gasteiger partial charge is 0.251 e. The number of aryl methyl sites for hydroxylation is 1. The van der Waals surface area contributed by atoms with E-state index in [0.29, 0.717) is 18.1 Å². The van der Waals surface area contributed by atoms with Gasteiger partial charge >= 0.3 is 0 Å². The van der Waals surface area contributed by atoms with Gasteiger partial charge in [0.2, 0.25) is 5.82 Å². The molecule has 0 bridgehead atoms. The molecule has 1 N–H and O–H groups in total. The Morgan fingerprint density at radius 3 is 2.40 bits per heavy atom. The Bertz CT molecular complexity index is 1170. The number of hydrogen-bond donors (Lipinski definition) is 1. The van der Waals surface area contributed by atoms with Crippen molar-refractivity contribution in [3.05, 3.63) is 64.8 Å². The third-order valence-corrected chi connectivity index (χ3v) is 5.72. The fraction of sp³-hybridized carbons (Fsp3) is 0.444. The van der Waals surface area contributed by atoms with Crippen molar-refractivity contribution in [2.24, 2.45) is 10.4 Å². The molecule has 0 atom stereocenters. The largest absolute Gasteiger partial charge is 0.354 e. The van der Waals surface area contributed by atoms with Gasteiger partial charge in [-0.1, -0.05) is 45.0 Å². The van der Waals surface area contributed by atoms with Crippen molar-refractivity contribution in [3.8, 4) is 6.07 Å². The maximum absolute atomic E-state index is 13.8.